The maximum Gasteiger partial charge on any atom is 0.232 e. The zero-order chi connectivity index (χ0) is 19.3. The number of carbonyl (C=O) groups excluding carboxylic acids is 1. The van der Waals surface area contributed by atoms with Gasteiger partial charge in [0.15, 0.2) is 10.9 Å². The Morgan fingerprint density at radius 2 is 2.11 bits per heavy atom. The number of nitrogens with zero attached hydrogens (tertiary/aromatic N) is 2. The number of amides is 1. The van der Waals surface area contributed by atoms with Gasteiger partial charge in [-0.3, -0.25) is 4.79 Å². The number of halogens is 1. The van der Waals surface area contributed by atoms with Gasteiger partial charge in [0.2, 0.25) is 5.91 Å². The molecule has 0 bridgehead atoms. The minimum Gasteiger partial charge on any atom is -0.463 e. The van der Waals surface area contributed by atoms with Crippen molar-refractivity contribution >= 4 is 57.1 Å². The summed E-state index contributed by atoms with van der Waals surface area (Å²) in [7, 11) is 0. The first-order valence-electron chi connectivity index (χ1n) is 8.26. The number of benzene rings is 1. The van der Waals surface area contributed by atoms with Gasteiger partial charge in [0.05, 0.1) is 18.4 Å². The minimum absolute atomic E-state index is 0.142. The number of hydrogen-bond donors (Lipinski definition) is 1. The van der Waals surface area contributed by atoms with Crippen LogP contribution in [0.3, 0.4) is 0 Å². The maximum atomic E-state index is 12.3. The van der Waals surface area contributed by atoms with Crippen molar-refractivity contribution in [2.24, 2.45) is 0 Å². The lowest BCUT2D eigenvalue weighted by Crippen LogP contribution is -2.14. The summed E-state index contributed by atoms with van der Waals surface area (Å²) in [6.45, 7) is 0. The van der Waals surface area contributed by atoms with E-state index in [1.165, 1.54) is 22.7 Å². The number of thioether (sulfide) groups is 1. The van der Waals surface area contributed by atoms with Gasteiger partial charge in [0.25, 0.3) is 0 Å². The Kier molecular flexibility index (Phi) is 6.11. The van der Waals surface area contributed by atoms with Crippen LogP contribution in [0.15, 0.2) is 62.2 Å². The molecule has 3 aromatic heterocycles. The number of nitrogens with one attached hydrogen (secondary N) is 1. The highest BCUT2D eigenvalue weighted by Crippen LogP contribution is 2.28. The van der Waals surface area contributed by atoms with Crippen LogP contribution in [0.5, 0.6) is 0 Å². The molecule has 0 unspecified atom stereocenters. The van der Waals surface area contributed by atoms with Crippen LogP contribution >= 0.6 is 46.0 Å². The molecule has 0 radical (unpaired) electrons. The van der Waals surface area contributed by atoms with Crippen molar-refractivity contribution < 1.29 is 9.21 Å². The highest BCUT2D eigenvalue weighted by Gasteiger charge is 2.12. The second kappa shape index (κ2) is 8.91. The van der Waals surface area contributed by atoms with Crippen molar-refractivity contribution in [3.05, 3.63) is 69.7 Å². The van der Waals surface area contributed by atoms with Crippen molar-refractivity contribution in [1.82, 2.24) is 9.97 Å². The summed E-state index contributed by atoms with van der Waals surface area (Å²) in [5.74, 6) is 1.32. The Bertz CT molecular complexity index is 1080. The highest BCUT2D eigenvalue weighted by atomic mass is 35.5. The van der Waals surface area contributed by atoms with E-state index in [2.05, 4.69) is 15.3 Å². The van der Waals surface area contributed by atoms with Crippen molar-refractivity contribution in [1.29, 1.82) is 0 Å². The molecule has 0 fully saturated rings. The van der Waals surface area contributed by atoms with Crippen molar-refractivity contribution in [2.75, 3.05) is 5.32 Å². The van der Waals surface area contributed by atoms with Crippen molar-refractivity contribution in [2.45, 2.75) is 16.5 Å². The van der Waals surface area contributed by atoms with Crippen LogP contribution in [0.1, 0.15) is 11.3 Å². The fraction of sp³-hybridized carbons (Fsp3) is 0.105. The lowest BCUT2D eigenvalue weighted by molar-refractivity contribution is -0.115. The number of rotatable bonds is 7. The number of anilines is 1. The minimum atomic E-state index is -0.142. The van der Waals surface area contributed by atoms with E-state index in [4.69, 9.17) is 16.0 Å². The van der Waals surface area contributed by atoms with E-state index in [0.717, 1.165) is 26.4 Å². The zero-order valence-corrected chi connectivity index (χ0v) is 17.6. The molecule has 28 heavy (non-hydrogen) atoms. The van der Waals surface area contributed by atoms with Crippen LogP contribution in [0.2, 0.25) is 5.02 Å². The molecule has 0 atom stereocenters. The SMILES string of the molecule is O=C(Cc1csc(SCc2cccc(Cl)c2)n1)Nc1nc(-c2ccco2)cs1. The molecule has 0 aliphatic heterocycles. The predicted octanol–water partition coefficient (Wildman–Crippen LogP) is 5.99. The van der Waals surface area contributed by atoms with Gasteiger partial charge in [-0.2, -0.15) is 0 Å². The number of furan rings is 1. The molecular formula is C19H14ClN3O2S3. The smallest absolute Gasteiger partial charge is 0.232 e. The largest absolute Gasteiger partial charge is 0.463 e. The molecule has 0 spiro atoms. The first-order valence-corrected chi connectivity index (χ1v) is 11.4. The van der Waals surface area contributed by atoms with E-state index in [-0.39, 0.29) is 12.3 Å². The number of hydrogen-bond acceptors (Lipinski definition) is 7. The molecule has 9 heteroatoms. The van der Waals surface area contributed by atoms with Gasteiger partial charge in [-0.1, -0.05) is 35.5 Å². The third-order valence-corrected chi connectivity index (χ3v) is 6.78. The predicted molar refractivity (Wildman–Crippen MR) is 115 cm³/mol. The lowest BCUT2D eigenvalue weighted by Gasteiger charge is -2.00. The van der Waals surface area contributed by atoms with E-state index >= 15 is 0 Å². The molecule has 0 aliphatic carbocycles. The van der Waals surface area contributed by atoms with Crippen LogP contribution < -0.4 is 5.32 Å². The fourth-order valence-corrected chi connectivity index (χ4v) is 5.12. The van der Waals surface area contributed by atoms with Crippen LogP contribution in [-0.2, 0) is 17.0 Å². The zero-order valence-electron chi connectivity index (χ0n) is 14.4. The summed E-state index contributed by atoms with van der Waals surface area (Å²) in [6.07, 6.45) is 1.81. The summed E-state index contributed by atoms with van der Waals surface area (Å²) in [4.78, 5) is 21.2. The third-order valence-electron chi connectivity index (χ3n) is 3.65. The fourth-order valence-electron chi connectivity index (χ4n) is 2.40. The van der Waals surface area contributed by atoms with Gasteiger partial charge in [-0.25, -0.2) is 9.97 Å². The van der Waals surface area contributed by atoms with Gasteiger partial charge >= 0.3 is 0 Å². The lowest BCUT2D eigenvalue weighted by atomic mass is 10.2. The van der Waals surface area contributed by atoms with Crippen LogP contribution in [0.25, 0.3) is 11.5 Å². The summed E-state index contributed by atoms with van der Waals surface area (Å²) in [5.41, 5.74) is 2.60. The Hall–Kier alpha value is -2.13. The molecular weight excluding hydrogens is 434 g/mol. The van der Waals surface area contributed by atoms with E-state index in [1.54, 1.807) is 24.1 Å². The molecule has 1 N–H and O–H groups in total. The summed E-state index contributed by atoms with van der Waals surface area (Å²) >= 11 is 10.5. The molecule has 4 rings (SSSR count). The molecule has 0 aliphatic rings. The Balaban J connectivity index is 1.30. The first-order chi connectivity index (χ1) is 13.7. The van der Waals surface area contributed by atoms with Crippen molar-refractivity contribution in [3.63, 3.8) is 0 Å². The van der Waals surface area contributed by atoms with Gasteiger partial charge in [-0.15, -0.1) is 22.7 Å². The van der Waals surface area contributed by atoms with Crippen LogP contribution in [0.4, 0.5) is 5.13 Å². The summed E-state index contributed by atoms with van der Waals surface area (Å²) in [5, 5.41) is 7.85. The van der Waals surface area contributed by atoms with E-state index in [9.17, 15) is 4.79 Å². The Morgan fingerprint density at radius 1 is 1.18 bits per heavy atom. The molecule has 0 saturated carbocycles. The van der Waals surface area contributed by atoms with E-state index in [1.807, 2.05) is 41.1 Å². The average molecular weight is 448 g/mol. The topological polar surface area (TPSA) is 68.0 Å². The molecule has 0 saturated heterocycles. The summed E-state index contributed by atoms with van der Waals surface area (Å²) in [6, 6.07) is 11.4. The molecule has 1 aromatic carbocycles. The van der Waals surface area contributed by atoms with Gasteiger partial charge in [0.1, 0.15) is 10.0 Å². The molecule has 1 amide bonds. The molecule has 5 nitrogen and oxygen atoms in total. The highest BCUT2D eigenvalue weighted by molar-refractivity contribution is 8.00. The average Bonchev–Trinajstić information content (AvgIpc) is 3.42. The quantitative estimate of drug-likeness (QED) is 0.352. The standard InChI is InChI=1S/C19H14ClN3O2S3/c20-13-4-1-3-12(7-13)9-27-19-21-14(10-28-19)8-17(24)23-18-22-15(11-26-18)16-5-2-6-25-16/h1-7,10-11H,8-9H2,(H,22,23,24). The van der Waals surface area contributed by atoms with E-state index < -0.39 is 0 Å². The first kappa shape index (κ1) is 19.2. The Labute approximate surface area is 178 Å². The molecule has 3 heterocycles. The summed E-state index contributed by atoms with van der Waals surface area (Å²) < 4.78 is 6.24. The monoisotopic (exact) mass is 447 g/mol. The number of thiazole rings is 2. The molecule has 142 valence electrons. The third kappa shape index (κ3) is 5.02. The Morgan fingerprint density at radius 3 is 2.93 bits per heavy atom. The second-order valence-corrected chi connectivity index (χ2v) is 9.14. The maximum absolute atomic E-state index is 12.3. The number of carbonyl (C=O) groups is 1. The second-order valence-electron chi connectivity index (χ2n) is 5.76. The van der Waals surface area contributed by atoms with Crippen LogP contribution in [-0.4, -0.2) is 15.9 Å². The normalized spacial score (nSPS) is 10.9. The van der Waals surface area contributed by atoms with Gasteiger partial charge in [0, 0.05) is 21.5 Å². The van der Waals surface area contributed by atoms with Crippen LogP contribution in [0, 0.1) is 0 Å². The van der Waals surface area contributed by atoms with Gasteiger partial charge in [-0.05, 0) is 29.8 Å². The van der Waals surface area contributed by atoms with Gasteiger partial charge < -0.3 is 9.73 Å². The molecule has 4 aromatic rings. The number of aromatic nitrogens is 2. The van der Waals surface area contributed by atoms with Crippen molar-refractivity contribution in [3.8, 4) is 11.5 Å². The van der Waals surface area contributed by atoms with E-state index in [0.29, 0.717) is 16.6 Å².